The van der Waals surface area contributed by atoms with Gasteiger partial charge >= 0.3 is 0 Å². The van der Waals surface area contributed by atoms with Gasteiger partial charge in [0.05, 0.1) is 5.41 Å². The topological polar surface area (TPSA) is 20.3 Å². The molecule has 0 radical (unpaired) electrons. The SMILES string of the molecule is O=C(N1CCCC1)C12C[C@H]3C[C@@H](C1)CC(c1ccccc1)(C3)C2. The molecule has 5 aliphatic rings. The fourth-order valence-electron chi connectivity index (χ4n) is 6.90. The molecule has 1 aromatic carbocycles. The summed E-state index contributed by atoms with van der Waals surface area (Å²) in [6, 6.07) is 11.1. The summed E-state index contributed by atoms with van der Waals surface area (Å²) >= 11 is 0. The maximum absolute atomic E-state index is 13.4. The molecule has 23 heavy (non-hydrogen) atoms. The zero-order valence-electron chi connectivity index (χ0n) is 14.0. The van der Waals surface area contributed by atoms with Crippen molar-refractivity contribution in [2.24, 2.45) is 17.3 Å². The fraction of sp³-hybridized carbons (Fsp3) is 0.667. The maximum Gasteiger partial charge on any atom is 0.228 e. The van der Waals surface area contributed by atoms with Gasteiger partial charge in [0, 0.05) is 13.1 Å². The predicted octanol–water partition coefficient (Wildman–Crippen LogP) is 4.15. The fourth-order valence-corrected chi connectivity index (χ4v) is 6.90. The van der Waals surface area contributed by atoms with Crippen LogP contribution in [0.25, 0.3) is 0 Å². The van der Waals surface area contributed by atoms with E-state index in [0.717, 1.165) is 31.3 Å². The van der Waals surface area contributed by atoms with Crippen molar-refractivity contribution in [3.05, 3.63) is 35.9 Å². The molecular weight excluding hydrogens is 282 g/mol. The van der Waals surface area contributed by atoms with Crippen LogP contribution in [0.1, 0.15) is 56.9 Å². The number of carbonyl (C=O) groups excluding carboxylic acids is 1. The summed E-state index contributed by atoms with van der Waals surface area (Å²) in [5.41, 5.74) is 1.78. The number of amides is 1. The highest BCUT2D eigenvalue weighted by Gasteiger charge is 2.61. The van der Waals surface area contributed by atoms with Crippen molar-refractivity contribution in [2.75, 3.05) is 13.1 Å². The molecule has 1 heterocycles. The number of hydrogen-bond donors (Lipinski definition) is 0. The van der Waals surface area contributed by atoms with Gasteiger partial charge in [-0.2, -0.15) is 0 Å². The van der Waals surface area contributed by atoms with Gasteiger partial charge in [0.2, 0.25) is 5.91 Å². The summed E-state index contributed by atoms with van der Waals surface area (Å²) in [7, 11) is 0. The Kier molecular flexibility index (Phi) is 2.96. The lowest BCUT2D eigenvalue weighted by molar-refractivity contribution is -0.159. The third kappa shape index (κ3) is 2.03. The van der Waals surface area contributed by atoms with Crippen LogP contribution in [0.3, 0.4) is 0 Å². The van der Waals surface area contributed by atoms with Gasteiger partial charge < -0.3 is 4.90 Å². The second-order valence-corrected chi connectivity index (χ2v) is 8.89. The molecule has 1 aromatic rings. The van der Waals surface area contributed by atoms with E-state index in [-0.39, 0.29) is 5.41 Å². The molecular formula is C21H27NO. The van der Waals surface area contributed by atoms with Crippen LogP contribution in [-0.2, 0) is 10.2 Å². The summed E-state index contributed by atoms with van der Waals surface area (Å²) in [6.07, 6.45) is 9.90. The van der Waals surface area contributed by atoms with E-state index in [2.05, 4.69) is 35.2 Å². The van der Waals surface area contributed by atoms with Gasteiger partial charge in [-0.05, 0) is 74.2 Å². The maximum atomic E-state index is 13.4. The molecule has 4 atom stereocenters. The molecule has 1 saturated heterocycles. The third-order valence-corrected chi connectivity index (χ3v) is 7.29. The van der Waals surface area contributed by atoms with Gasteiger partial charge in [-0.1, -0.05) is 30.3 Å². The van der Waals surface area contributed by atoms with Crippen LogP contribution in [0.4, 0.5) is 0 Å². The van der Waals surface area contributed by atoms with Crippen molar-refractivity contribution >= 4 is 5.91 Å². The van der Waals surface area contributed by atoms with Crippen LogP contribution in [0, 0.1) is 17.3 Å². The molecule has 4 bridgehead atoms. The first-order chi connectivity index (χ1) is 11.2. The Morgan fingerprint density at radius 3 is 2.26 bits per heavy atom. The average molecular weight is 309 g/mol. The van der Waals surface area contributed by atoms with E-state index in [0.29, 0.717) is 11.3 Å². The smallest absolute Gasteiger partial charge is 0.228 e. The molecule has 2 nitrogen and oxygen atoms in total. The Labute approximate surface area is 139 Å². The van der Waals surface area contributed by atoms with Crippen molar-refractivity contribution in [2.45, 2.75) is 56.8 Å². The van der Waals surface area contributed by atoms with E-state index in [4.69, 9.17) is 0 Å². The molecule has 122 valence electrons. The van der Waals surface area contributed by atoms with E-state index >= 15 is 0 Å². The standard InChI is InChI=1S/C21H27NO/c23-19(22-8-4-5-9-22)21-13-16-10-17(14-21)12-20(11-16,15-21)18-6-2-1-3-7-18/h1-3,6-7,16-17H,4-5,8-15H2/t16-,17+,20?,21?. The Balaban J connectivity index is 1.53. The van der Waals surface area contributed by atoms with Gasteiger partial charge in [-0.25, -0.2) is 0 Å². The minimum Gasteiger partial charge on any atom is -0.342 e. The highest BCUT2D eigenvalue weighted by molar-refractivity contribution is 5.84. The summed E-state index contributed by atoms with van der Waals surface area (Å²) in [4.78, 5) is 15.6. The lowest BCUT2D eigenvalue weighted by atomic mass is 9.42. The molecule has 0 N–H and O–H groups in total. The van der Waals surface area contributed by atoms with Crippen molar-refractivity contribution in [3.63, 3.8) is 0 Å². The monoisotopic (exact) mass is 309 g/mol. The zero-order valence-corrected chi connectivity index (χ0v) is 14.0. The van der Waals surface area contributed by atoms with Crippen molar-refractivity contribution in [1.82, 2.24) is 4.90 Å². The molecule has 5 fully saturated rings. The van der Waals surface area contributed by atoms with Gasteiger partial charge in [0.15, 0.2) is 0 Å². The van der Waals surface area contributed by atoms with Crippen molar-refractivity contribution in [3.8, 4) is 0 Å². The van der Waals surface area contributed by atoms with Crippen LogP contribution >= 0.6 is 0 Å². The van der Waals surface area contributed by atoms with E-state index in [1.54, 1.807) is 0 Å². The number of hydrogen-bond acceptors (Lipinski definition) is 1. The van der Waals surface area contributed by atoms with Gasteiger partial charge in [-0.15, -0.1) is 0 Å². The largest absolute Gasteiger partial charge is 0.342 e. The Hall–Kier alpha value is -1.31. The van der Waals surface area contributed by atoms with Crippen LogP contribution in [0.5, 0.6) is 0 Å². The van der Waals surface area contributed by atoms with Gasteiger partial charge in [0.1, 0.15) is 0 Å². The van der Waals surface area contributed by atoms with Crippen LogP contribution < -0.4 is 0 Å². The first-order valence-electron chi connectivity index (χ1n) is 9.54. The Bertz CT molecular complexity index is 602. The first-order valence-corrected chi connectivity index (χ1v) is 9.54. The molecule has 1 amide bonds. The normalized spacial score (nSPS) is 41.5. The zero-order chi connectivity index (χ0) is 15.5. The summed E-state index contributed by atoms with van der Waals surface area (Å²) in [5.74, 6) is 2.08. The summed E-state index contributed by atoms with van der Waals surface area (Å²) in [5, 5.41) is 0. The predicted molar refractivity (Wildman–Crippen MR) is 91.0 cm³/mol. The summed E-state index contributed by atoms with van der Waals surface area (Å²) in [6.45, 7) is 2.02. The molecule has 0 spiro atoms. The molecule has 4 aliphatic carbocycles. The molecule has 1 aliphatic heterocycles. The van der Waals surface area contributed by atoms with E-state index in [9.17, 15) is 4.79 Å². The van der Waals surface area contributed by atoms with Gasteiger partial charge in [-0.3, -0.25) is 4.79 Å². The number of rotatable bonds is 2. The van der Waals surface area contributed by atoms with Crippen LogP contribution in [0.2, 0.25) is 0 Å². The minimum atomic E-state index is -0.0235. The van der Waals surface area contributed by atoms with E-state index < -0.39 is 0 Å². The molecule has 0 aromatic heterocycles. The van der Waals surface area contributed by atoms with Crippen molar-refractivity contribution in [1.29, 1.82) is 0 Å². The third-order valence-electron chi connectivity index (χ3n) is 7.29. The minimum absolute atomic E-state index is 0.0235. The first kappa shape index (κ1) is 14.1. The second kappa shape index (κ2) is 4.84. The highest BCUT2D eigenvalue weighted by atomic mass is 16.2. The number of nitrogens with zero attached hydrogens (tertiary/aromatic N) is 1. The number of carbonyl (C=O) groups is 1. The molecule has 2 unspecified atom stereocenters. The lowest BCUT2D eigenvalue weighted by Crippen LogP contribution is -2.59. The van der Waals surface area contributed by atoms with Crippen LogP contribution in [-0.4, -0.2) is 23.9 Å². The second-order valence-electron chi connectivity index (χ2n) is 8.89. The average Bonchev–Trinajstić information content (AvgIpc) is 3.08. The number of benzene rings is 1. The molecule has 4 saturated carbocycles. The molecule has 6 rings (SSSR count). The van der Waals surface area contributed by atoms with Gasteiger partial charge in [0.25, 0.3) is 0 Å². The number of likely N-dealkylation sites (tertiary alicyclic amines) is 1. The Morgan fingerprint density at radius 2 is 1.61 bits per heavy atom. The Morgan fingerprint density at radius 1 is 0.957 bits per heavy atom. The lowest BCUT2D eigenvalue weighted by Gasteiger charge is -2.62. The van der Waals surface area contributed by atoms with Crippen LogP contribution in [0.15, 0.2) is 30.3 Å². The van der Waals surface area contributed by atoms with E-state index in [1.807, 2.05) is 0 Å². The quantitative estimate of drug-likeness (QED) is 0.804. The summed E-state index contributed by atoms with van der Waals surface area (Å²) < 4.78 is 0. The van der Waals surface area contributed by atoms with E-state index in [1.165, 1.54) is 50.5 Å². The highest BCUT2D eigenvalue weighted by Crippen LogP contribution is 2.66. The molecule has 2 heteroatoms. The van der Waals surface area contributed by atoms with Crippen molar-refractivity contribution < 1.29 is 4.79 Å².